The minimum absolute atomic E-state index is 0.516. The zero-order valence-corrected chi connectivity index (χ0v) is 16.2. The topological polar surface area (TPSA) is 93.5 Å². The number of H-pyrrole nitrogens is 1. The van der Waals surface area contributed by atoms with E-state index in [1.807, 2.05) is 55.8 Å². The van der Waals surface area contributed by atoms with Gasteiger partial charge in [0.25, 0.3) is 0 Å². The average molecular weight is 375 g/mol. The van der Waals surface area contributed by atoms with Crippen molar-refractivity contribution in [2.75, 3.05) is 12.4 Å². The van der Waals surface area contributed by atoms with Crippen LogP contribution in [0.25, 0.3) is 16.9 Å². The van der Waals surface area contributed by atoms with E-state index in [-0.39, 0.29) is 0 Å². The molecule has 0 bridgehead atoms. The molecule has 0 aliphatic rings. The minimum atomic E-state index is 0.516. The molecular weight excluding hydrogens is 354 g/mol. The van der Waals surface area contributed by atoms with Crippen LogP contribution in [0, 0.1) is 20.8 Å². The Morgan fingerprint density at radius 3 is 2.61 bits per heavy atom. The van der Waals surface area contributed by atoms with E-state index in [0.717, 1.165) is 45.5 Å². The molecule has 4 rings (SSSR count). The molecule has 1 aromatic carbocycles. The van der Waals surface area contributed by atoms with Crippen molar-refractivity contribution < 1.29 is 4.74 Å². The summed E-state index contributed by atoms with van der Waals surface area (Å²) in [4.78, 5) is 13.3. The highest BCUT2D eigenvalue weighted by Crippen LogP contribution is 2.28. The third-order valence-corrected chi connectivity index (χ3v) is 4.39. The highest BCUT2D eigenvalue weighted by Gasteiger charge is 2.11. The fourth-order valence-corrected chi connectivity index (χ4v) is 2.99. The summed E-state index contributed by atoms with van der Waals surface area (Å²) in [6, 6.07) is 7.81. The number of ether oxygens (including phenoxy) is 1. The monoisotopic (exact) mass is 375 g/mol. The minimum Gasteiger partial charge on any atom is -0.494 e. The van der Waals surface area contributed by atoms with Gasteiger partial charge in [-0.25, -0.2) is 15.0 Å². The number of nitrogens with zero attached hydrogens (tertiary/aromatic N) is 5. The summed E-state index contributed by atoms with van der Waals surface area (Å²) in [6.45, 7) is 5.86. The number of aryl methyl sites for hydroxylation is 3. The predicted molar refractivity (Wildman–Crippen MR) is 107 cm³/mol. The molecule has 0 aliphatic heterocycles. The van der Waals surface area contributed by atoms with E-state index >= 15 is 0 Å². The Morgan fingerprint density at radius 1 is 1.11 bits per heavy atom. The molecule has 3 aromatic heterocycles. The lowest BCUT2D eigenvalue weighted by molar-refractivity contribution is 0.413. The van der Waals surface area contributed by atoms with Crippen LogP contribution in [0.2, 0.25) is 0 Å². The summed E-state index contributed by atoms with van der Waals surface area (Å²) in [5.74, 6) is 1.24. The van der Waals surface area contributed by atoms with Gasteiger partial charge in [0.1, 0.15) is 5.75 Å². The van der Waals surface area contributed by atoms with Gasteiger partial charge in [0.2, 0.25) is 5.95 Å². The van der Waals surface area contributed by atoms with E-state index in [4.69, 9.17) is 4.74 Å². The number of hydrogen-bond donors (Lipinski definition) is 2. The smallest absolute Gasteiger partial charge is 0.227 e. The van der Waals surface area contributed by atoms with Crippen molar-refractivity contribution in [3.63, 3.8) is 0 Å². The highest BCUT2D eigenvalue weighted by molar-refractivity contribution is 5.65. The first-order valence-electron chi connectivity index (χ1n) is 8.85. The summed E-state index contributed by atoms with van der Waals surface area (Å²) < 4.78 is 7.48. The van der Waals surface area contributed by atoms with Crippen LogP contribution in [0.3, 0.4) is 0 Å². The molecule has 28 heavy (non-hydrogen) atoms. The molecule has 0 atom stereocenters. The molecule has 0 radical (unpaired) electrons. The van der Waals surface area contributed by atoms with E-state index in [0.29, 0.717) is 5.95 Å². The lowest BCUT2D eigenvalue weighted by atomic mass is 10.2. The maximum atomic E-state index is 5.55. The van der Waals surface area contributed by atoms with Crippen molar-refractivity contribution in [3.05, 3.63) is 60.1 Å². The van der Waals surface area contributed by atoms with Crippen LogP contribution in [0.1, 0.15) is 17.1 Å². The highest BCUT2D eigenvalue weighted by atomic mass is 16.5. The Kier molecular flexibility index (Phi) is 4.52. The second-order valence-electron chi connectivity index (χ2n) is 6.56. The number of nitrogens with one attached hydrogen (secondary N) is 2. The summed E-state index contributed by atoms with van der Waals surface area (Å²) in [5.41, 5.74) is 6.27. The van der Waals surface area contributed by atoms with Crippen LogP contribution in [0.15, 0.2) is 43.0 Å². The van der Waals surface area contributed by atoms with Crippen LogP contribution in [0.4, 0.5) is 11.6 Å². The van der Waals surface area contributed by atoms with Gasteiger partial charge in [-0.15, -0.1) is 0 Å². The number of methoxy groups -OCH3 is 1. The first-order chi connectivity index (χ1) is 13.5. The quantitative estimate of drug-likeness (QED) is 0.552. The Labute approximate surface area is 162 Å². The summed E-state index contributed by atoms with van der Waals surface area (Å²) in [7, 11) is 1.65. The molecule has 2 N–H and O–H groups in total. The van der Waals surface area contributed by atoms with E-state index in [2.05, 4.69) is 30.5 Å². The van der Waals surface area contributed by atoms with Gasteiger partial charge < -0.3 is 14.6 Å². The van der Waals surface area contributed by atoms with Gasteiger partial charge >= 0.3 is 0 Å². The van der Waals surface area contributed by atoms with Crippen molar-refractivity contribution in [2.45, 2.75) is 20.8 Å². The average Bonchev–Trinajstić information content (AvgIpc) is 3.30. The maximum Gasteiger partial charge on any atom is 0.227 e. The molecule has 4 aromatic rings. The van der Waals surface area contributed by atoms with Crippen molar-refractivity contribution in [3.8, 4) is 22.7 Å². The van der Waals surface area contributed by atoms with E-state index in [1.54, 1.807) is 19.6 Å². The Hall–Kier alpha value is -3.68. The first kappa shape index (κ1) is 17.7. The van der Waals surface area contributed by atoms with Crippen LogP contribution in [0.5, 0.6) is 5.75 Å². The van der Waals surface area contributed by atoms with Crippen LogP contribution in [-0.4, -0.2) is 36.8 Å². The van der Waals surface area contributed by atoms with Crippen LogP contribution in [-0.2, 0) is 0 Å². The lowest BCUT2D eigenvalue weighted by Gasteiger charge is -2.12. The van der Waals surface area contributed by atoms with Gasteiger partial charge in [-0.2, -0.15) is 5.10 Å². The van der Waals surface area contributed by atoms with Gasteiger partial charge in [0.05, 0.1) is 36.2 Å². The van der Waals surface area contributed by atoms with Crippen molar-refractivity contribution in [2.24, 2.45) is 0 Å². The largest absolute Gasteiger partial charge is 0.494 e. The Morgan fingerprint density at radius 2 is 1.96 bits per heavy atom. The summed E-state index contributed by atoms with van der Waals surface area (Å²) >= 11 is 0. The van der Waals surface area contributed by atoms with Crippen molar-refractivity contribution in [1.82, 2.24) is 29.7 Å². The standard InChI is InChI=1S/C20H21N7O/c1-12-7-17(26-25-12)16-9-21-20(23-14(16)3)24-15-5-6-18(19(8-15)28-4)27-10-13(2)22-11-27/h5-11H,1-4H3,(H,25,26)(H,21,23,24). The van der Waals surface area contributed by atoms with Crippen LogP contribution >= 0.6 is 0 Å². The molecule has 0 unspecified atom stereocenters. The molecule has 0 amide bonds. The molecule has 3 heterocycles. The number of benzene rings is 1. The molecular formula is C20H21N7O. The molecule has 0 aliphatic carbocycles. The van der Waals surface area contributed by atoms with E-state index in [1.165, 1.54) is 0 Å². The number of aromatic amines is 1. The molecule has 0 spiro atoms. The molecule has 142 valence electrons. The summed E-state index contributed by atoms with van der Waals surface area (Å²) in [5, 5.41) is 10.4. The molecule has 8 nitrogen and oxygen atoms in total. The molecule has 0 saturated heterocycles. The van der Waals surface area contributed by atoms with E-state index in [9.17, 15) is 0 Å². The third-order valence-electron chi connectivity index (χ3n) is 4.39. The Balaban J connectivity index is 1.59. The normalized spacial score (nSPS) is 10.9. The van der Waals surface area contributed by atoms with Gasteiger partial charge in [0.15, 0.2) is 0 Å². The zero-order chi connectivity index (χ0) is 19.7. The number of aromatic nitrogens is 6. The van der Waals surface area contributed by atoms with Gasteiger partial charge in [0, 0.05) is 35.4 Å². The lowest BCUT2D eigenvalue weighted by Crippen LogP contribution is -2.01. The second kappa shape index (κ2) is 7.15. The number of imidazole rings is 1. The SMILES string of the molecule is COc1cc(Nc2ncc(-c3cc(C)[nH]n3)c(C)n2)ccc1-n1cnc(C)c1. The molecule has 0 saturated carbocycles. The van der Waals surface area contributed by atoms with Gasteiger partial charge in [-0.05, 0) is 39.0 Å². The fourth-order valence-electron chi connectivity index (χ4n) is 2.99. The fraction of sp³-hybridized carbons (Fsp3) is 0.200. The third kappa shape index (κ3) is 3.44. The van der Waals surface area contributed by atoms with Gasteiger partial charge in [-0.3, -0.25) is 5.10 Å². The predicted octanol–water partition coefficient (Wildman–Crippen LogP) is 3.73. The maximum absolute atomic E-state index is 5.55. The molecule has 0 fully saturated rings. The van der Waals surface area contributed by atoms with Crippen molar-refractivity contribution in [1.29, 1.82) is 0 Å². The van der Waals surface area contributed by atoms with Crippen molar-refractivity contribution >= 4 is 11.6 Å². The second-order valence-corrected chi connectivity index (χ2v) is 6.56. The molecule has 8 heteroatoms. The number of anilines is 2. The zero-order valence-electron chi connectivity index (χ0n) is 16.2. The summed E-state index contributed by atoms with van der Waals surface area (Å²) in [6.07, 6.45) is 5.50. The number of hydrogen-bond acceptors (Lipinski definition) is 6. The Bertz CT molecular complexity index is 1130. The van der Waals surface area contributed by atoms with E-state index < -0.39 is 0 Å². The number of rotatable bonds is 5. The van der Waals surface area contributed by atoms with Gasteiger partial charge in [-0.1, -0.05) is 0 Å². The van der Waals surface area contributed by atoms with Crippen LogP contribution < -0.4 is 10.1 Å². The first-order valence-corrected chi connectivity index (χ1v) is 8.85.